The van der Waals surface area contributed by atoms with Crippen LogP contribution in [0.1, 0.15) is 33.8 Å². The lowest BCUT2D eigenvalue weighted by molar-refractivity contribution is -0.123. The molecular weight excluding hydrogens is 420 g/mol. The summed E-state index contributed by atoms with van der Waals surface area (Å²) in [7, 11) is 3.13. The highest BCUT2D eigenvalue weighted by Crippen LogP contribution is 2.28. The summed E-state index contributed by atoms with van der Waals surface area (Å²) in [6.07, 6.45) is 1.90. The molecule has 164 valence electrons. The van der Waals surface area contributed by atoms with Crippen LogP contribution in [-0.4, -0.2) is 42.1 Å². The van der Waals surface area contributed by atoms with E-state index in [4.69, 9.17) is 15.2 Å². The van der Waals surface area contributed by atoms with Gasteiger partial charge in [-0.15, -0.1) is 11.3 Å². The molecule has 1 atom stereocenters. The number of carbonyl (C=O) groups excluding carboxylic acids is 2. The van der Waals surface area contributed by atoms with Crippen LogP contribution in [0.15, 0.2) is 29.3 Å². The normalized spacial score (nSPS) is 11.9. The van der Waals surface area contributed by atoms with Crippen LogP contribution in [0, 0.1) is 6.92 Å². The summed E-state index contributed by atoms with van der Waals surface area (Å²) in [4.78, 5) is 42.1. The second-order valence-electron chi connectivity index (χ2n) is 6.96. The molecule has 0 saturated carbocycles. The van der Waals surface area contributed by atoms with E-state index in [-0.39, 0.29) is 11.5 Å². The van der Waals surface area contributed by atoms with Gasteiger partial charge in [0.25, 0.3) is 11.5 Å². The van der Waals surface area contributed by atoms with Crippen LogP contribution in [0.4, 0.5) is 0 Å². The lowest BCUT2D eigenvalue weighted by Crippen LogP contribution is -2.36. The summed E-state index contributed by atoms with van der Waals surface area (Å²) in [5.41, 5.74) is 6.44. The highest BCUT2D eigenvalue weighted by molar-refractivity contribution is 7.20. The molecule has 0 aliphatic carbocycles. The van der Waals surface area contributed by atoms with Gasteiger partial charge in [-0.2, -0.15) is 0 Å². The van der Waals surface area contributed by atoms with Gasteiger partial charge in [-0.1, -0.05) is 6.07 Å². The Kier molecular flexibility index (Phi) is 6.59. The molecule has 2 heterocycles. The minimum Gasteiger partial charge on any atom is -0.493 e. The van der Waals surface area contributed by atoms with E-state index in [2.05, 4.69) is 10.3 Å². The fraction of sp³-hybridized carbons (Fsp3) is 0.333. The van der Waals surface area contributed by atoms with E-state index in [0.29, 0.717) is 45.1 Å². The molecule has 10 heteroatoms. The maximum atomic E-state index is 12.9. The number of nitrogens with zero attached hydrogens (tertiary/aromatic N) is 2. The van der Waals surface area contributed by atoms with Gasteiger partial charge in [0, 0.05) is 6.54 Å². The second-order valence-corrected chi connectivity index (χ2v) is 7.96. The number of methoxy groups -OCH3 is 2. The number of fused-ring (bicyclic) bond motifs is 1. The molecule has 9 nitrogen and oxygen atoms in total. The molecule has 0 spiro atoms. The van der Waals surface area contributed by atoms with Crippen molar-refractivity contribution in [2.75, 3.05) is 20.8 Å². The molecular formula is C21H24N4O5S. The van der Waals surface area contributed by atoms with Crippen LogP contribution in [0.2, 0.25) is 0 Å². The maximum Gasteiger partial charge on any atom is 0.263 e. The Balaban J connectivity index is 1.72. The summed E-state index contributed by atoms with van der Waals surface area (Å²) in [6, 6.07) is 4.79. The van der Waals surface area contributed by atoms with Gasteiger partial charge in [0.2, 0.25) is 5.91 Å². The summed E-state index contributed by atoms with van der Waals surface area (Å²) in [5.74, 6) is 0.334. The largest absolute Gasteiger partial charge is 0.493 e. The minimum atomic E-state index is -0.772. The number of hydrogen-bond acceptors (Lipinski definition) is 7. The third-order valence-electron chi connectivity index (χ3n) is 5.06. The molecule has 3 rings (SSSR count). The molecule has 2 amide bonds. The Labute approximate surface area is 182 Å². The first-order chi connectivity index (χ1) is 14.8. The summed E-state index contributed by atoms with van der Waals surface area (Å²) < 4.78 is 11.8. The van der Waals surface area contributed by atoms with E-state index in [9.17, 15) is 14.4 Å². The molecule has 1 aromatic carbocycles. The number of hydrogen-bond donors (Lipinski definition) is 2. The first-order valence-electron chi connectivity index (χ1n) is 9.57. The van der Waals surface area contributed by atoms with Crippen LogP contribution in [0.25, 0.3) is 10.2 Å². The number of thiophene rings is 1. The van der Waals surface area contributed by atoms with Gasteiger partial charge in [-0.25, -0.2) is 4.98 Å². The van der Waals surface area contributed by atoms with Crippen LogP contribution >= 0.6 is 11.3 Å². The molecule has 0 fully saturated rings. The van der Waals surface area contributed by atoms with Gasteiger partial charge in [-0.3, -0.25) is 19.0 Å². The number of aryl methyl sites for hydroxylation is 1. The molecule has 0 radical (unpaired) electrons. The molecule has 3 N–H and O–H groups in total. The van der Waals surface area contributed by atoms with Crippen molar-refractivity contribution < 1.29 is 19.1 Å². The predicted octanol–water partition coefficient (Wildman–Crippen LogP) is 1.80. The summed E-state index contributed by atoms with van der Waals surface area (Å²) in [5, 5.41) is 3.15. The zero-order valence-corrected chi connectivity index (χ0v) is 18.5. The molecule has 0 saturated heterocycles. The van der Waals surface area contributed by atoms with Crippen molar-refractivity contribution in [2.45, 2.75) is 26.3 Å². The number of nitrogens with two attached hydrogens (primary N) is 1. The summed E-state index contributed by atoms with van der Waals surface area (Å²) in [6.45, 7) is 3.66. The number of ether oxygens (including phenoxy) is 2. The SMILES string of the molecule is COc1ccc(CCNC(=O)C(C)n2cnc3sc(C(N)=O)c(C)c3c2=O)cc1OC. The standard InChI is InChI=1S/C21H24N4O5S/c1-11-16-20(31-17(11)18(22)26)24-10-25(21(16)28)12(2)19(27)23-8-7-13-5-6-14(29-3)15(9-13)30-4/h5-6,9-10,12H,7-8H2,1-4H3,(H2,22,26)(H,23,27). The average Bonchev–Trinajstić information content (AvgIpc) is 3.10. The zero-order chi connectivity index (χ0) is 22.7. The van der Waals surface area contributed by atoms with Crippen molar-refractivity contribution in [1.82, 2.24) is 14.9 Å². The predicted molar refractivity (Wildman–Crippen MR) is 118 cm³/mol. The lowest BCUT2D eigenvalue weighted by atomic mass is 10.1. The van der Waals surface area contributed by atoms with E-state index in [0.717, 1.165) is 16.9 Å². The fourth-order valence-corrected chi connectivity index (χ4v) is 4.28. The third kappa shape index (κ3) is 4.38. The number of aromatic nitrogens is 2. The van der Waals surface area contributed by atoms with Crippen LogP contribution in [-0.2, 0) is 11.2 Å². The van der Waals surface area contributed by atoms with Crippen molar-refractivity contribution in [3.63, 3.8) is 0 Å². The molecule has 31 heavy (non-hydrogen) atoms. The van der Waals surface area contributed by atoms with E-state index in [1.807, 2.05) is 18.2 Å². The zero-order valence-electron chi connectivity index (χ0n) is 17.7. The smallest absolute Gasteiger partial charge is 0.263 e. The quantitative estimate of drug-likeness (QED) is 0.546. The molecule has 3 aromatic rings. The Morgan fingerprint density at radius 2 is 1.97 bits per heavy atom. The first kappa shape index (κ1) is 22.3. The number of nitrogens with one attached hydrogen (secondary N) is 1. The van der Waals surface area contributed by atoms with Gasteiger partial charge in [0.1, 0.15) is 10.9 Å². The lowest BCUT2D eigenvalue weighted by Gasteiger charge is -2.15. The maximum absolute atomic E-state index is 12.9. The van der Waals surface area contributed by atoms with E-state index >= 15 is 0 Å². The highest BCUT2D eigenvalue weighted by Gasteiger charge is 2.21. The van der Waals surface area contributed by atoms with Crippen molar-refractivity contribution >= 4 is 33.4 Å². The molecule has 0 aliphatic rings. The third-order valence-corrected chi connectivity index (χ3v) is 6.27. The number of amides is 2. The molecule has 1 unspecified atom stereocenters. The van der Waals surface area contributed by atoms with Gasteiger partial charge >= 0.3 is 0 Å². The van der Waals surface area contributed by atoms with Crippen LogP contribution in [0.3, 0.4) is 0 Å². The van der Waals surface area contributed by atoms with Crippen molar-refractivity contribution in [2.24, 2.45) is 5.73 Å². The number of benzene rings is 1. The van der Waals surface area contributed by atoms with Gasteiger partial charge in [-0.05, 0) is 43.5 Å². The Bertz CT molecular complexity index is 1200. The Hall–Kier alpha value is -3.40. The minimum absolute atomic E-state index is 0.296. The van der Waals surface area contributed by atoms with Crippen molar-refractivity contribution in [3.05, 3.63) is 50.9 Å². The van der Waals surface area contributed by atoms with Crippen LogP contribution in [0.5, 0.6) is 11.5 Å². The van der Waals surface area contributed by atoms with Crippen molar-refractivity contribution in [1.29, 1.82) is 0 Å². The Morgan fingerprint density at radius 1 is 1.26 bits per heavy atom. The van der Waals surface area contributed by atoms with Crippen molar-refractivity contribution in [3.8, 4) is 11.5 Å². The topological polar surface area (TPSA) is 126 Å². The molecule has 0 bridgehead atoms. The average molecular weight is 445 g/mol. The monoisotopic (exact) mass is 444 g/mol. The fourth-order valence-electron chi connectivity index (χ4n) is 3.29. The molecule has 2 aromatic heterocycles. The second kappa shape index (κ2) is 9.17. The van der Waals surface area contributed by atoms with Gasteiger partial charge in [0.05, 0.1) is 30.8 Å². The first-order valence-corrected chi connectivity index (χ1v) is 10.4. The van der Waals surface area contributed by atoms with Gasteiger partial charge in [0.15, 0.2) is 11.5 Å². The number of carbonyl (C=O) groups is 2. The van der Waals surface area contributed by atoms with Crippen LogP contribution < -0.4 is 26.1 Å². The number of rotatable bonds is 8. The van der Waals surface area contributed by atoms with E-state index in [1.54, 1.807) is 28.1 Å². The molecule has 0 aliphatic heterocycles. The summed E-state index contributed by atoms with van der Waals surface area (Å²) >= 11 is 1.07. The highest BCUT2D eigenvalue weighted by atomic mass is 32.1. The van der Waals surface area contributed by atoms with E-state index < -0.39 is 11.9 Å². The Morgan fingerprint density at radius 3 is 2.61 bits per heavy atom. The van der Waals surface area contributed by atoms with E-state index in [1.165, 1.54) is 10.9 Å². The van der Waals surface area contributed by atoms with Gasteiger partial charge < -0.3 is 20.5 Å². The number of primary amides is 1.